The highest BCUT2D eigenvalue weighted by molar-refractivity contribution is 6.32. The molecule has 1 unspecified atom stereocenters. The molecule has 150 valence electrons. The topological polar surface area (TPSA) is 96.9 Å². The predicted octanol–water partition coefficient (Wildman–Crippen LogP) is 2.97. The van der Waals surface area contributed by atoms with Gasteiger partial charge in [-0.3, -0.25) is 9.59 Å². The monoisotopic (exact) mass is 406 g/mol. The molecule has 2 aromatic rings. The molecule has 0 saturated heterocycles. The first-order chi connectivity index (χ1) is 13.4. The van der Waals surface area contributed by atoms with E-state index in [4.69, 9.17) is 21.1 Å². The van der Waals surface area contributed by atoms with Crippen molar-refractivity contribution in [2.24, 2.45) is 0 Å². The van der Waals surface area contributed by atoms with Crippen LogP contribution in [0.15, 0.2) is 42.5 Å². The molecular weight excluding hydrogens is 384 g/mol. The standard InChI is InChI=1S/C20H23ClN2O5/c1-27-15-6-3-13(4-7-15)9-10-22-17(20(25)26)12-19(24)23-14-5-8-18(28-2)16(21)11-14/h3-8,11,17,22H,9-10,12H2,1-2H3,(H,23,24)(H,25,26). The van der Waals surface area contributed by atoms with E-state index in [2.05, 4.69) is 10.6 Å². The largest absolute Gasteiger partial charge is 0.497 e. The van der Waals surface area contributed by atoms with Crippen LogP contribution in [-0.4, -0.2) is 43.8 Å². The highest BCUT2D eigenvalue weighted by Gasteiger charge is 2.20. The normalized spacial score (nSPS) is 11.5. The zero-order chi connectivity index (χ0) is 20.5. The van der Waals surface area contributed by atoms with Gasteiger partial charge in [0, 0.05) is 5.69 Å². The lowest BCUT2D eigenvalue weighted by Crippen LogP contribution is -2.40. The summed E-state index contributed by atoms with van der Waals surface area (Å²) < 4.78 is 10.2. The minimum absolute atomic E-state index is 0.207. The third-order valence-electron chi connectivity index (χ3n) is 4.09. The van der Waals surface area contributed by atoms with Gasteiger partial charge in [-0.15, -0.1) is 0 Å². The average Bonchev–Trinajstić information content (AvgIpc) is 2.67. The van der Waals surface area contributed by atoms with Gasteiger partial charge in [-0.25, -0.2) is 0 Å². The Hall–Kier alpha value is -2.77. The van der Waals surface area contributed by atoms with Crippen molar-refractivity contribution in [3.8, 4) is 11.5 Å². The minimum Gasteiger partial charge on any atom is -0.497 e. The zero-order valence-electron chi connectivity index (χ0n) is 15.7. The number of methoxy groups -OCH3 is 2. The Kier molecular flexibility index (Phi) is 8.10. The van der Waals surface area contributed by atoms with E-state index in [1.165, 1.54) is 7.11 Å². The van der Waals surface area contributed by atoms with Gasteiger partial charge in [0.2, 0.25) is 5.91 Å². The summed E-state index contributed by atoms with van der Waals surface area (Å²) in [7, 11) is 3.09. The van der Waals surface area contributed by atoms with Crippen molar-refractivity contribution in [2.75, 3.05) is 26.1 Å². The third kappa shape index (κ3) is 6.44. The second-order valence-corrected chi connectivity index (χ2v) is 6.45. The molecule has 7 nitrogen and oxygen atoms in total. The predicted molar refractivity (Wildman–Crippen MR) is 107 cm³/mol. The summed E-state index contributed by atoms with van der Waals surface area (Å²) in [4.78, 5) is 23.6. The van der Waals surface area contributed by atoms with Gasteiger partial charge in [0.15, 0.2) is 0 Å². The minimum atomic E-state index is -1.09. The number of nitrogens with one attached hydrogen (secondary N) is 2. The van der Waals surface area contributed by atoms with Crippen molar-refractivity contribution in [2.45, 2.75) is 18.9 Å². The van der Waals surface area contributed by atoms with Crippen molar-refractivity contribution in [1.29, 1.82) is 0 Å². The summed E-state index contributed by atoms with van der Waals surface area (Å²) in [5.74, 6) is -0.262. The number of rotatable bonds is 10. The Morgan fingerprint density at radius 3 is 2.39 bits per heavy atom. The van der Waals surface area contributed by atoms with Gasteiger partial charge in [-0.2, -0.15) is 0 Å². The summed E-state index contributed by atoms with van der Waals surface area (Å²) in [6.07, 6.45) is 0.422. The number of hydrogen-bond donors (Lipinski definition) is 3. The second kappa shape index (κ2) is 10.5. The molecule has 0 aliphatic heterocycles. The Bertz CT molecular complexity index is 811. The molecule has 0 radical (unpaired) electrons. The molecule has 0 heterocycles. The van der Waals surface area contributed by atoms with E-state index >= 15 is 0 Å². The first kappa shape index (κ1) is 21.5. The van der Waals surface area contributed by atoms with Crippen molar-refractivity contribution in [3.63, 3.8) is 0 Å². The molecule has 1 amide bonds. The van der Waals surface area contributed by atoms with Crippen LogP contribution in [0.1, 0.15) is 12.0 Å². The number of anilines is 1. The lowest BCUT2D eigenvalue weighted by molar-refractivity contribution is -0.141. The first-order valence-corrected chi connectivity index (χ1v) is 9.03. The number of carboxylic acids is 1. The molecule has 0 aliphatic carbocycles. The van der Waals surface area contributed by atoms with Crippen LogP contribution in [-0.2, 0) is 16.0 Å². The lowest BCUT2D eigenvalue weighted by atomic mass is 10.1. The smallest absolute Gasteiger partial charge is 0.321 e. The second-order valence-electron chi connectivity index (χ2n) is 6.04. The van der Waals surface area contributed by atoms with Crippen molar-refractivity contribution in [1.82, 2.24) is 5.32 Å². The van der Waals surface area contributed by atoms with E-state index in [9.17, 15) is 14.7 Å². The summed E-state index contributed by atoms with van der Waals surface area (Å²) in [6, 6.07) is 11.3. The molecule has 0 spiro atoms. The highest BCUT2D eigenvalue weighted by Crippen LogP contribution is 2.27. The zero-order valence-corrected chi connectivity index (χ0v) is 16.5. The first-order valence-electron chi connectivity index (χ1n) is 8.65. The molecule has 0 bridgehead atoms. The Morgan fingerprint density at radius 2 is 1.82 bits per heavy atom. The molecule has 28 heavy (non-hydrogen) atoms. The van der Waals surface area contributed by atoms with Gasteiger partial charge in [-0.1, -0.05) is 23.7 Å². The van der Waals surface area contributed by atoms with Gasteiger partial charge in [0.1, 0.15) is 17.5 Å². The maximum absolute atomic E-state index is 12.2. The van der Waals surface area contributed by atoms with Crippen LogP contribution < -0.4 is 20.1 Å². The SMILES string of the molecule is COc1ccc(CCNC(CC(=O)Nc2ccc(OC)c(Cl)c2)C(=O)O)cc1. The van der Waals surface area contributed by atoms with Crippen LogP contribution in [0.25, 0.3) is 0 Å². The van der Waals surface area contributed by atoms with Gasteiger partial charge in [0.25, 0.3) is 0 Å². The summed E-state index contributed by atoms with van der Waals surface area (Å²) in [5.41, 5.74) is 1.51. The number of halogens is 1. The van der Waals surface area contributed by atoms with E-state index in [0.29, 0.717) is 29.4 Å². The van der Waals surface area contributed by atoms with E-state index in [0.717, 1.165) is 11.3 Å². The number of carbonyl (C=O) groups excluding carboxylic acids is 1. The number of carboxylic acid groups (broad SMARTS) is 1. The Morgan fingerprint density at radius 1 is 1.11 bits per heavy atom. The summed E-state index contributed by atoms with van der Waals surface area (Å²) >= 11 is 6.02. The fraction of sp³-hybridized carbons (Fsp3) is 0.300. The van der Waals surface area contributed by atoms with Gasteiger partial charge < -0.3 is 25.2 Å². The molecule has 2 rings (SSSR count). The number of aliphatic carboxylic acids is 1. The maximum atomic E-state index is 12.2. The van der Waals surface area contributed by atoms with Gasteiger partial charge >= 0.3 is 5.97 Å². The van der Waals surface area contributed by atoms with Crippen LogP contribution >= 0.6 is 11.6 Å². The van der Waals surface area contributed by atoms with Crippen LogP contribution in [0.3, 0.4) is 0 Å². The van der Waals surface area contributed by atoms with Gasteiger partial charge in [0.05, 0.1) is 25.7 Å². The number of benzene rings is 2. The number of carbonyl (C=O) groups is 2. The van der Waals surface area contributed by atoms with Crippen molar-refractivity contribution in [3.05, 3.63) is 53.1 Å². The number of hydrogen-bond acceptors (Lipinski definition) is 5. The fourth-order valence-corrected chi connectivity index (χ4v) is 2.83. The molecule has 0 aromatic heterocycles. The quantitative estimate of drug-likeness (QED) is 0.561. The molecule has 3 N–H and O–H groups in total. The van der Waals surface area contributed by atoms with Crippen LogP contribution in [0, 0.1) is 0 Å². The van der Waals surface area contributed by atoms with Crippen molar-refractivity contribution < 1.29 is 24.2 Å². The van der Waals surface area contributed by atoms with E-state index in [1.54, 1.807) is 25.3 Å². The molecular formula is C20H23ClN2O5. The van der Waals surface area contributed by atoms with E-state index < -0.39 is 17.9 Å². The summed E-state index contributed by atoms with van der Waals surface area (Å²) in [6.45, 7) is 0.422. The highest BCUT2D eigenvalue weighted by atomic mass is 35.5. The van der Waals surface area contributed by atoms with Crippen LogP contribution in [0.4, 0.5) is 5.69 Å². The molecule has 2 aromatic carbocycles. The molecule has 0 saturated carbocycles. The molecule has 0 fully saturated rings. The summed E-state index contributed by atoms with van der Waals surface area (Å²) in [5, 5.41) is 15.3. The van der Waals surface area contributed by atoms with Gasteiger partial charge in [-0.05, 0) is 48.9 Å². The molecule has 8 heteroatoms. The molecule has 1 atom stereocenters. The van der Waals surface area contributed by atoms with E-state index in [1.807, 2.05) is 24.3 Å². The van der Waals surface area contributed by atoms with Crippen LogP contribution in [0.5, 0.6) is 11.5 Å². The molecule has 0 aliphatic rings. The van der Waals surface area contributed by atoms with E-state index in [-0.39, 0.29) is 6.42 Å². The Labute approximate surface area is 168 Å². The third-order valence-corrected chi connectivity index (χ3v) is 4.38. The fourth-order valence-electron chi connectivity index (χ4n) is 2.57. The van der Waals surface area contributed by atoms with Crippen molar-refractivity contribution >= 4 is 29.2 Å². The average molecular weight is 407 g/mol. The Balaban J connectivity index is 1.86. The number of amides is 1. The van der Waals surface area contributed by atoms with Crippen LogP contribution in [0.2, 0.25) is 5.02 Å². The maximum Gasteiger partial charge on any atom is 0.321 e. The number of ether oxygens (including phenoxy) is 2. The lowest BCUT2D eigenvalue weighted by Gasteiger charge is -2.15.